The van der Waals surface area contributed by atoms with Gasteiger partial charge in [0, 0.05) is 29.7 Å². The van der Waals surface area contributed by atoms with Crippen LogP contribution in [0.2, 0.25) is 0 Å². The second-order valence-electron chi connectivity index (χ2n) is 13.0. The lowest BCUT2D eigenvalue weighted by Gasteiger charge is -2.61. The zero-order valence-corrected chi connectivity index (χ0v) is 24.0. The Hall–Kier alpha value is -2.03. The molecule has 212 valence electrons. The Morgan fingerprint density at radius 2 is 1.87 bits per heavy atom. The Balaban J connectivity index is 1.67. The number of aliphatic hydroxyl groups excluding tert-OH is 1. The normalized spacial score (nSPS) is 37.7. The van der Waals surface area contributed by atoms with Crippen LogP contribution in [0.1, 0.15) is 87.5 Å². The molecule has 0 unspecified atom stereocenters. The summed E-state index contributed by atoms with van der Waals surface area (Å²) in [5.74, 6) is -2.41. The predicted octanol–water partition coefficient (Wildman–Crippen LogP) is 3.82. The zero-order chi connectivity index (χ0) is 28.4. The molecule has 0 radical (unpaired) electrons. The Morgan fingerprint density at radius 1 is 1.21 bits per heavy atom. The van der Waals surface area contributed by atoms with E-state index in [9.17, 15) is 24.6 Å². The third kappa shape index (κ3) is 4.66. The van der Waals surface area contributed by atoms with Gasteiger partial charge in [-0.15, -0.1) is 0 Å². The summed E-state index contributed by atoms with van der Waals surface area (Å²) in [5.41, 5.74) is -2.12. The smallest absolute Gasteiger partial charge is 0.302 e. The van der Waals surface area contributed by atoms with E-state index >= 15 is 0 Å². The fourth-order valence-corrected chi connectivity index (χ4v) is 7.46. The van der Waals surface area contributed by atoms with Crippen LogP contribution in [0.25, 0.3) is 0 Å². The second-order valence-corrected chi connectivity index (χ2v) is 13.0. The van der Waals surface area contributed by atoms with Crippen LogP contribution in [0.5, 0.6) is 0 Å². The van der Waals surface area contributed by atoms with Gasteiger partial charge in [0.05, 0.1) is 29.5 Å². The molecule has 2 N–H and O–H groups in total. The van der Waals surface area contributed by atoms with E-state index in [0.717, 1.165) is 6.42 Å². The standard InChI is InChI=1S/C30H44O8/c1-9-15(2)25(36-17(4)31)16(3)18-14-19(32)22-24(34)27-29(7)12-10-20(28(5,6)35)37-21(29)11-13-30(27,8)38-26(22)23(18)33/h14-16,20-21,24-25,27,34-35H,9-13H2,1-8H3/t15-,16-,20+,21+,24-,25+,27+,29-,30+/m0/s1. The topological polar surface area (TPSA) is 119 Å². The highest BCUT2D eigenvalue weighted by molar-refractivity contribution is 6.22. The van der Waals surface area contributed by atoms with E-state index in [-0.39, 0.29) is 35.0 Å². The van der Waals surface area contributed by atoms with Crippen molar-refractivity contribution in [3.05, 3.63) is 23.0 Å². The van der Waals surface area contributed by atoms with Crippen molar-refractivity contribution in [1.82, 2.24) is 0 Å². The molecule has 2 heterocycles. The van der Waals surface area contributed by atoms with Crippen molar-refractivity contribution in [1.29, 1.82) is 0 Å². The summed E-state index contributed by atoms with van der Waals surface area (Å²) >= 11 is 0. The Labute approximate surface area is 225 Å². The maximum absolute atomic E-state index is 13.8. The molecule has 0 aromatic carbocycles. The summed E-state index contributed by atoms with van der Waals surface area (Å²) in [5, 5.41) is 22.3. The number of ketones is 2. The summed E-state index contributed by atoms with van der Waals surface area (Å²) in [6, 6.07) is 0. The minimum atomic E-state index is -1.19. The maximum Gasteiger partial charge on any atom is 0.302 e. The molecule has 1 saturated heterocycles. The van der Waals surface area contributed by atoms with Crippen LogP contribution in [0.4, 0.5) is 0 Å². The molecular weight excluding hydrogens is 488 g/mol. The van der Waals surface area contributed by atoms with Crippen molar-refractivity contribution in [3.8, 4) is 0 Å². The molecule has 9 atom stereocenters. The van der Waals surface area contributed by atoms with Gasteiger partial charge < -0.3 is 24.4 Å². The first-order chi connectivity index (χ1) is 17.5. The van der Waals surface area contributed by atoms with Gasteiger partial charge in [-0.2, -0.15) is 0 Å². The summed E-state index contributed by atoms with van der Waals surface area (Å²) in [4.78, 5) is 39.1. The van der Waals surface area contributed by atoms with Crippen molar-refractivity contribution in [3.63, 3.8) is 0 Å². The monoisotopic (exact) mass is 532 g/mol. The first kappa shape index (κ1) is 29.0. The molecular formula is C30H44O8. The summed E-state index contributed by atoms with van der Waals surface area (Å²) in [7, 11) is 0. The molecule has 0 amide bonds. The summed E-state index contributed by atoms with van der Waals surface area (Å²) in [6.07, 6.45) is 2.21. The van der Waals surface area contributed by atoms with Crippen LogP contribution in [-0.4, -0.2) is 63.4 Å². The molecule has 0 bridgehead atoms. The molecule has 2 aliphatic heterocycles. The van der Waals surface area contributed by atoms with Crippen LogP contribution in [0.15, 0.2) is 23.0 Å². The highest BCUT2D eigenvalue weighted by Gasteiger charge is 2.64. The first-order valence-electron chi connectivity index (χ1n) is 14.0. The van der Waals surface area contributed by atoms with Crippen molar-refractivity contribution in [2.45, 2.75) is 123 Å². The van der Waals surface area contributed by atoms with Gasteiger partial charge in [-0.1, -0.05) is 34.1 Å². The number of carbonyl (C=O) groups excluding carboxylic acids is 3. The average molecular weight is 533 g/mol. The molecule has 38 heavy (non-hydrogen) atoms. The average Bonchev–Trinajstić information content (AvgIpc) is 2.81. The molecule has 1 saturated carbocycles. The van der Waals surface area contributed by atoms with Gasteiger partial charge >= 0.3 is 5.97 Å². The maximum atomic E-state index is 13.8. The van der Waals surface area contributed by atoms with E-state index in [1.54, 1.807) is 20.8 Å². The number of carbonyl (C=O) groups is 3. The fraction of sp³-hybridized carbons (Fsp3) is 0.767. The van der Waals surface area contributed by atoms with E-state index in [1.165, 1.54) is 13.0 Å². The third-order valence-corrected chi connectivity index (χ3v) is 9.77. The van der Waals surface area contributed by atoms with Gasteiger partial charge in [0.1, 0.15) is 11.7 Å². The largest absolute Gasteiger partial charge is 0.482 e. The number of ether oxygens (including phenoxy) is 3. The van der Waals surface area contributed by atoms with Gasteiger partial charge in [0.15, 0.2) is 11.5 Å². The second kappa shape index (κ2) is 9.86. The van der Waals surface area contributed by atoms with Gasteiger partial charge in [0.2, 0.25) is 5.78 Å². The number of esters is 1. The van der Waals surface area contributed by atoms with Crippen LogP contribution >= 0.6 is 0 Å². The van der Waals surface area contributed by atoms with Crippen LogP contribution < -0.4 is 0 Å². The SMILES string of the molecule is CC[C@H](C)[C@@H](OC(C)=O)[C@@H](C)C1=CC(=O)C2=C(O[C@]3(C)CC[C@H]4O[C@@H](C(C)(C)O)CC[C@]4(C)[C@H]3[C@H]2O)C1=O. The predicted molar refractivity (Wildman–Crippen MR) is 140 cm³/mol. The number of hydrogen-bond donors (Lipinski definition) is 2. The van der Waals surface area contributed by atoms with Crippen molar-refractivity contribution in [2.75, 3.05) is 0 Å². The van der Waals surface area contributed by atoms with Crippen molar-refractivity contribution < 1.29 is 38.8 Å². The lowest BCUT2D eigenvalue weighted by Crippen LogP contribution is -2.66. The number of hydrogen-bond acceptors (Lipinski definition) is 8. The number of fused-ring (bicyclic) bond motifs is 3. The van der Waals surface area contributed by atoms with E-state index in [1.807, 2.05) is 20.8 Å². The van der Waals surface area contributed by atoms with E-state index in [0.29, 0.717) is 25.7 Å². The Bertz CT molecular complexity index is 1070. The van der Waals surface area contributed by atoms with Crippen LogP contribution in [0, 0.1) is 23.2 Å². The number of allylic oxidation sites excluding steroid dienone is 2. The molecule has 4 aliphatic rings. The fourth-order valence-electron chi connectivity index (χ4n) is 7.46. The lowest BCUT2D eigenvalue weighted by atomic mass is 9.52. The summed E-state index contributed by atoms with van der Waals surface area (Å²) < 4.78 is 18.4. The van der Waals surface area contributed by atoms with Crippen molar-refractivity contribution >= 4 is 17.5 Å². The number of Topliss-reactive ketones (excluding diaryl/α,β-unsaturated/α-hetero) is 1. The molecule has 8 nitrogen and oxygen atoms in total. The molecule has 0 spiro atoms. The summed E-state index contributed by atoms with van der Waals surface area (Å²) in [6.45, 7) is 14.5. The van der Waals surface area contributed by atoms with Crippen molar-refractivity contribution in [2.24, 2.45) is 23.2 Å². The lowest BCUT2D eigenvalue weighted by molar-refractivity contribution is -0.260. The molecule has 2 fully saturated rings. The van der Waals surface area contributed by atoms with E-state index in [4.69, 9.17) is 14.2 Å². The van der Waals surface area contributed by atoms with Crippen LogP contribution in [0.3, 0.4) is 0 Å². The highest BCUT2D eigenvalue weighted by Crippen LogP contribution is 2.59. The highest BCUT2D eigenvalue weighted by atomic mass is 16.5. The van der Waals surface area contributed by atoms with Gasteiger partial charge in [0.25, 0.3) is 0 Å². The van der Waals surface area contributed by atoms with Crippen LogP contribution in [-0.2, 0) is 28.6 Å². The number of rotatable bonds is 6. The van der Waals surface area contributed by atoms with Gasteiger partial charge in [-0.3, -0.25) is 14.4 Å². The quantitative estimate of drug-likeness (QED) is 0.391. The van der Waals surface area contributed by atoms with Gasteiger partial charge in [-0.25, -0.2) is 0 Å². The Kier molecular flexibility index (Phi) is 7.52. The minimum absolute atomic E-state index is 0.00693. The molecule has 2 aliphatic carbocycles. The third-order valence-electron chi connectivity index (χ3n) is 9.77. The van der Waals surface area contributed by atoms with E-state index < -0.39 is 58.2 Å². The first-order valence-corrected chi connectivity index (χ1v) is 14.0. The van der Waals surface area contributed by atoms with E-state index in [2.05, 4.69) is 6.92 Å². The Morgan fingerprint density at radius 3 is 2.45 bits per heavy atom. The molecule has 0 aromatic rings. The zero-order valence-electron chi connectivity index (χ0n) is 24.0. The molecule has 4 rings (SSSR count). The van der Waals surface area contributed by atoms with Gasteiger partial charge in [-0.05, 0) is 58.4 Å². The number of aliphatic hydroxyl groups is 2. The molecule has 0 aromatic heterocycles. The minimum Gasteiger partial charge on any atom is -0.482 e. The molecule has 8 heteroatoms.